The molecule has 0 atom stereocenters. The summed E-state index contributed by atoms with van der Waals surface area (Å²) in [5.41, 5.74) is 4.60. The van der Waals surface area contributed by atoms with Gasteiger partial charge in [-0.3, -0.25) is 19.2 Å². The molecule has 0 spiro atoms. The first kappa shape index (κ1) is 17.7. The molecule has 126 valence electrons. The first-order chi connectivity index (χ1) is 11.2. The highest BCUT2D eigenvalue weighted by Gasteiger charge is 2.32. The lowest BCUT2D eigenvalue weighted by Gasteiger charge is -2.23. The summed E-state index contributed by atoms with van der Waals surface area (Å²) in [4.78, 5) is 21.1. The van der Waals surface area contributed by atoms with Crippen molar-refractivity contribution in [2.45, 2.75) is 4.90 Å². The average Bonchev–Trinajstić information content (AvgIpc) is 2.52. The Labute approximate surface area is 142 Å². The molecule has 10 heteroatoms. The van der Waals surface area contributed by atoms with Crippen LogP contribution in [-0.4, -0.2) is 25.8 Å². The fraction of sp³-hybridized carbons (Fsp3) is 0.0714. The number of para-hydroxylation sites is 1. The summed E-state index contributed by atoms with van der Waals surface area (Å²) in [7, 11) is -4.41. The number of amides is 1. The molecular formula is C14H12ClN3O5S. The van der Waals surface area contributed by atoms with Crippen LogP contribution in [0.25, 0.3) is 0 Å². The maximum absolute atomic E-state index is 12.9. The zero-order chi connectivity index (χ0) is 17.9. The molecule has 24 heavy (non-hydrogen) atoms. The molecule has 0 aliphatic rings. The second-order valence-corrected chi connectivity index (χ2v) is 6.95. The van der Waals surface area contributed by atoms with Gasteiger partial charge in [-0.1, -0.05) is 29.8 Å². The van der Waals surface area contributed by atoms with Crippen molar-refractivity contribution in [1.29, 1.82) is 0 Å². The Bertz CT molecular complexity index is 901. The Hall–Kier alpha value is -2.65. The predicted molar refractivity (Wildman–Crippen MR) is 88.3 cm³/mol. The van der Waals surface area contributed by atoms with Crippen molar-refractivity contribution in [3.63, 3.8) is 0 Å². The van der Waals surface area contributed by atoms with E-state index in [4.69, 9.17) is 17.3 Å². The minimum atomic E-state index is -4.41. The second kappa shape index (κ2) is 6.85. The quantitative estimate of drug-likeness (QED) is 0.615. The van der Waals surface area contributed by atoms with Gasteiger partial charge in [-0.25, -0.2) is 8.42 Å². The number of nitro benzene ring substituents is 1. The third-order valence-electron chi connectivity index (χ3n) is 3.03. The molecule has 2 N–H and O–H groups in total. The number of hydrogen-bond acceptors (Lipinski definition) is 5. The topological polar surface area (TPSA) is 124 Å². The highest BCUT2D eigenvalue weighted by Crippen LogP contribution is 2.30. The Morgan fingerprint density at radius 3 is 2.46 bits per heavy atom. The molecule has 0 heterocycles. The number of halogens is 1. The smallest absolute Gasteiger partial charge is 0.289 e. The third-order valence-corrected chi connectivity index (χ3v) is 5.08. The number of sulfonamides is 1. The Kier molecular flexibility index (Phi) is 5.05. The monoisotopic (exact) mass is 369 g/mol. The number of nitrogens with two attached hydrogens (primary N) is 1. The molecule has 0 saturated heterocycles. The molecule has 8 nitrogen and oxygen atoms in total. The van der Waals surface area contributed by atoms with Gasteiger partial charge in [-0.2, -0.15) is 0 Å². The van der Waals surface area contributed by atoms with Gasteiger partial charge in [0.25, 0.3) is 15.7 Å². The highest BCUT2D eigenvalue weighted by molar-refractivity contribution is 7.93. The summed E-state index contributed by atoms with van der Waals surface area (Å²) < 4.78 is 26.4. The van der Waals surface area contributed by atoms with Crippen molar-refractivity contribution in [3.8, 4) is 0 Å². The van der Waals surface area contributed by atoms with Crippen LogP contribution in [0.1, 0.15) is 0 Å². The minimum Gasteiger partial charge on any atom is -0.368 e. The van der Waals surface area contributed by atoms with Crippen LogP contribution in [0.2, 0.25) is 5.02 Å². The molecule has 0 saturated carbocycles. The van der Waals surface area contributed by atoms with E-state index in [9.17, 15) is 23.3 Å². The van der Waals surface area contributed by atoms with Gasteiger partial charge in [0.1, 0.15) is 6.54 Å². The summed E-state index contributed by atoms with van der Waals surface area (Å²) in [6.07, 6.45) is 0. The van der Waals surface area contributed by atoms with Gasteiger partial charge in [0.15, 0.2) is 4.90 Å². The van der Waals surface area contributed by atoms with Crippen LogP contribution in [0, 0.1) is 10.1 Å². The van der Waals surface area contributed by atoms with Gasteiger partial charge in [0.05, 0.1) is 10.6 Å². The van der Waals surface area contributed by atoms with E-state index in [1.54, 1.807) is 0 Å². The molecule has 0 aromatic heterocycles. The number of rotatable bonds is 6. The van der Waals surface area contributed by atoms with E-state index in [-0.39, 0.29) is 10.7 Å². The van der Waals surface area contributed by atoms with Gasteiger partial charge in [-0.05, 0) is 24.3 Å². The fourth-order valence-corrected chi connectivity index (χ4v) is 3.80. The lowest BCUT2D eigenvalue weighted by atomic mass is 10.3. The molecule has 0 radical (unpaired) electrons. The number of carbonyl (C=O) groups excluding carboxylic acids is 1. The van der Waals surface area contributed by atoms with Crippen molar-refractivity contribution >= 4 is 38.9 Å². The normalized spacial score (nSPS) is 11.0. The largest absolute Gasteiger partial charge is 0.368 e. The van der Waals surface area contributed by atoms with Gasteiger partial charge in [0.2, 0.25) is 5.91 Å². The number of benzene rings is 2. The minimum absolute atomic E-state index is 0.0689. The molecule has 1 amide bonds. The zero-order valence-corrected chi connectivity index (χ0v) is 13.7. The van der Waals surface area contributed by atoms with Crippen LogP contribution in [0.15, 0.2) is 53.4 Å². The zero-order valence-electron chi connectivity index (χ0n) is 12.1. The summed E-state index contributed by atoms with van der Waals surface area (Å²) in [5.74, 6) is -0.919. The molecule has 0 bridgehead atoms. The molecule has 2 aromatic rings. The summed E-state index contributed by atoms with van der Waals surface area (Å²) in [6.45, 7) is -0.686. The summed E-state index contributed by atoms with van der Waals surface area (Å²) >= 11 is 5.86. The van der Waals surface area contributed by atoms with E-state index < -0.39 is 38.0 Å². The number of nitrogens with zero attached hydrogens (tertiary/aromatic N) is 2. The van der Waals surface area contributed by atoms with Gasteiger partial charge in [0, 0.05) is 11.1 Å². The molecule has 0 unspecified atom stereocenters. The van der Waals surface area contributed by atoms with Crippen LogP contribution in [0.5, 0.6) is 0 Å². The van der Waals surface area contributed by atoms with E-state index in [1.807, 2.05) is 0 Å². The third kappa shape index (κ3) is 3.63. The first-order valence-corrected chi connectivity index (χ1v) is 8.35. The lowest BCUT2D eigenvalue weighted by Crippen LogP contribution is -2.38. The summed E-state index contributed by atoms with van der Waals surface area (Å²) in [5, 5.41) is 11.3. The van der Waals surface area contributed by atoms with Crippen LogP contribution in [0.3, 0.4) is 0 Å². The standard InChI is InChI=1S/C14H12ClN3O5S/c15-10-4-3-5-11(8-10)17(9-14(16)19)24(22,23)13-7-2-1-6-12(13)18(20)21/h1-8H,9H2,(H2,16,19). The summed E-state index contributed by atoms with van der Waals surface area (Å²) in [6, 6.07) is 10.6. The van der Waals surface area contributed by atoms with Gasteiger partial charge < -0.3 is 5.73 Å². The van der Waals surface area contributed by atoms with Crippen LogP contribution in [0.4, 0.5) is 11.4 Å². The first-order valence-electron chi connectivity index (χ1n) is 6.53. The van der Waals surface area contributed by atoms with E-state index >= 15 is 0 Å². The van der Waals surface area contributed by atoms with Crippen molar-refractivity contribution in [2.75, 3.05) is 10.8 Å². The number of primary amides is 1. The molecular weight excluding hydrogens is 358 g/mol. The van der Waals surface area contributed by atoms with Crippen molar-refractivity contribution < 1.29 is 18.1 Å². The highest BCUT2D eigenvalue weighted by atomic mass is 35.5. The fourth-order valence-electron chi connectivity index (χ4n) is 2.03. The molecule has 0 fully saturated rings. The van der Waals surface area contributed by atoms with Crippen LogP contribution < -0.4 is 10.0 Å². The second-order valence-electron chi connectivity index (χ2n) is 4.68. The SMILES string of the molecule is NC(=O)CN(c1cccc(Cl)c1)S(=O)(=O)c1ccccc1[N+](=O)[O-]. The van der Waals surface area contributed by atoms with Crippen molar-refractivity contribution in [2.24, 2.45) is 5.73 Å². The van der Waals surface area contributed by atoms with E-state index in [2.05, 4.69) is 0 Å². The average molecular weight is 370 g/mol. The number of hydrogen-bond donors (Lipinski definition) is 1. The molecule has 2 rings (SSSR count). The van der Waals surface area contributed by atoms with Gasteiger partial charge in [-0.15, -0.1) is 0 Å². The molecule has 0 aliphatic heterocycles. The van der Waals surface area contributed by atoms with E-state index in [0.29, 0.717) is 4.31 Å². The van der Waals surface area contributed by atoms with Crippen LogP contribution in [-0.2, 0) is 14.8 Å². The van der Waals surface area contributed by atoms with E-state index in [1.165, 1.54) is 36.4 Å². The lowest BCUT2D eigenvalue weighted by molar-refractivity contribution is -0.387. The maximum atomic E-state index is 12.9. The van der Waals surface area contributed by atoms with Crippen molar-refractivity contribution in [3.05, 3.63) is 63.7 Å². The molecule has 0 aliphatic carbocycles. The number of carbonyl (C=O) groups is 1. The molecule has 2 aromatic carbocycles. The van der Waals surface area contributed by atoms with Crippen LogP contribution >= 0.6 is 11.6 Å². The maximum Gasteiger partial charge on any atom is 0.289 e. The Balaban J connectivity index is 2.65. The Morgan fingerprint density at radius 1 is 1.21 bits per heavy atom. The number of nitro groups is 1. The Morgan fingerprint density at radius 2 is 1.88 bits per heavy atom. The number of anilines is 1. The van der Waals surface area contributed by atoms with Gasteiger partial charge >= 0.3 is 0 Å². The van der Waals surface area contributed by atoms with Crippen molar-refractivity contribution in [1.82, 2.24) is 0 Å². The predicted octanol–water partition coefficient (Wildman–Crippen LogP) is 1.93. The van der Waals surface area contributed by atoms with E-state index in [0.717, 1.165) is 12.1 Å².